The second-order valence-corrected chi connectivity index (χ2v) is 8.18. The van der Waals surface area contributed by atoms with E-state index in [9.17, 15) is 9.59 Å². The number of rotatable bonds is 6. The zero-order valence-electron chi connectivity index (χ0n) is 17.2. The van der Waals surface area contributed by atoms with E-state index in [1.54, 1.807) is 7.11 Å². The van der Waals surface area contributed by atoms with Gasteiger partial charge in [0.1, 0.15) is 12.2 Å². The van der Waals surface area contributed by atoms with Crippen LogP contribution in [0.5, 0.6) is 0 Å². The molecule has 1 aromatic rings. The van der Waals surface area contributed by atoms with Gasteiger partial charge in [0.2, 0.25) is 0 Å². The lowest BCUT2D eigenvalue weighted by Gasteiger charge is -2.36. The normalized spacial score (nSPS) is 22.2. The van der Waals surface area contributed by atoms with Crippen LogP contribution in [0.2, 0.25) is 0 Å². The highest BCUT2D eigenvalue weighted by Gasteiger charge is 2.33. The standard InChI is InChI=1S/C21H32N2O5/c1-21(2,3)28-20(25)22-17-10-11-18(16(12-17)14-26-4)23-19(24)27-13-15-8-6-5-7-9-15/h5-9,16-18H,10-14H2,1-4H3,(H,22,25)(H,23,24). The van der Waals surface area contributed by atoms with Crippen molar-refractivity contribution in [3.05, 3.63) is 35.9 Å². The molecule has 0 heterocycles. The molecule has 0 radical (unpaired) electrons. The number of ether oxygens (including phenoxy) is 3. The van der Waals surface area contributed by atoms with Crippen molar-refractivity contribution in [2.75, 3.05) is 13.7 Å². The molecule has 7 heteroatoms. The van der Waals surface area contributed by atoms with Crippen molar-refractivity contribution in [3.63, 3.8) is 0 Å². The number of carbonyl (C=O) groups is 2. The van der Waals surface area contributed by atoms with Crippen molar-refractivity contribution in [3.8, 4) is 0 Å². The molecule has 3 atom stereocenters. The van der Waals surface area contributed by atoms with Crippen molar-refractivity contribution in [2.45, 2.75) is 64.3 Å². The van der Waals surface area contributed by atoms with Crippen LogP contribution in [-0.2, 0) is 20.8 Å². The summed E-state index contributed by atoms with van der Waals surface area (Å²) in [6.07, 6.45) is 1.34. The number of hydrogen-bond donors (Lipinski definition) is 2. The summed E-state index contributed by atoms with van der Waals surface area (Å²) in [5, 5.41) is 5.87. The summed E-state index contributed by atoms with van der Waals surface area (Å²) in [6.45, 7) is 6.24. The Morgan fingerprint density at radius 2 is 1.79 bits per heavy atom. The van der Waals surface area contributed by atoms with Crippen LogP contribution in [0.4, 0.5) is 9.59 Å². The highest BCUT2D eigenvalue weighted by molar-refractivity contribution is 5.68. The van der Waals surface area contributed by atoms with E-state index in [2.05, 4.69) is 10.6 Å². The van der Waals surface area contributed by atoms with E-state index >= 15 is 0 Å². The van der Waals surface area contributed by atoms with E-state index in [-0.39, 0.29) is 24.6 Å². The first-order valence-electron chi connectivity index (χ1n) is 9.72. The lowest BCUT2D eigenvalue weighted by Crippen LogP contribution is -2.50. The first-order valence-corrected chi connectivity index (χ1v) is 9.72. The molecule has 0 aliphatic heterocycles. The quantitative estimate of drug-likeness (QED) is 0.772. The Morgan fingerprint density at radius 1 is 1.07 bits per heavy atom. The molecule has 0 bridgehead atoms. The zero-order valence-corrected chi connectivity index (χ0v) is 17.2. The third-order valence-corrected chi connectivity index (χ3v) is 4.60. The fraction of sp³-hybridized carbons (Fsp3) is 0.619. The Labute approximate surface area is 167 Å². The van der Waals surface area contributed by atoms with E-state index in [4.69, 9.17) is 14.2 Å². The third kappa shape index (κ3) is 7.76. The molecule has 1 fully saturated rings. The molecule has 1 saturated carbocycles. The minimum Gasteiger partial charge on any atom is -0.445 e. The highest BCUT2D eigenvalue weighted by Crippen LogP contribution is 2.26. The van der Waals surface area contributed by atoms with Gasteiger partial charge in [-0.3, -0.25) is 0 Å². The number of benzene rings is 1. The predicted octanol–water partition coefficient (Wildman–Crippen LogP) is 3.62. The van der Waals surface area contributed by atoms with Gasteiger partial charge in [-0.05, 0) is 45.6 Å². The maximum absolute atomic E-state index is 12.2. The summed E-state index contributed by atoms with van der Waals surface area (Å²) in [5.74, 6) is 0.0861. The van der Waals surface area contributed by atoms with Gasteiger partial charge in [-0.25, -0.2) is 9.59 Å². The maximum atomic E-state index is 12.2. The Balaban J connectivity index is 1.82. The summed E-state index contributed by atoms with van der Waals surface area (Å²) in [5.41, 5.74) is 0.411. The van der Waals surface area contributed by atoms with Crippen molar-refractivity contribution in [1.82, 2.24) is 10.6 Å². The van der Waals surface area contributed by atoms with Crippen molar-refractivity contribution in [1.29, 1.82) is 0 Å². The fourth-order valence-corrected chi connectivity index (χ4v) is 3.37. The maximum Gasteiger partial charge on any atom is 0.407 e. The number of hydrogen-bond acceptors (Lipinski definition) is 5. The van der Waals surface area contributed by atoms with Crippen molar-refractivity contribution in [2.24, 2.45) is 5.92 Å². The average molecular weight is 392 g/mol. The Hall–Kier alpha value is -2.28. The topological polar surface area (TPSA) is 85.9 Å². The van der Waals surface area contributed by atoms with Crippen LogP contribution >= 0.6 is 0 Å². The zero-order chi connectivity index (χ0) is 20.6. The smallest absolute Gasteiger partial charge is 0.407 e. The SMILES string of the molecule is COCC1CC(NC(=O)OC(C)(C)C)CCC1NC(=O)OCc1ccccc1. The molecule has 0 spiro atoms. The van der Waals surface area contributed by atoms with Crippen LogP contribution in [0, 0.1) is 5.92 Å². The summed E-state index contributed by atoms with van der Waals surface area (Å²) >= 11 is 0. The van der Waals surface area contributed by atoms with E-state index in [1.165, 1.54) is 0 Å². The van der Waals surface area contributed by atoms with E-state index in [1.807, 2.05) is 51.1 Å². The van der Waals surface area contributed by atoms with E-state index < -0.39 is 17.8 Å². The van der Waals surface area contributed by atoms with E-state index in [0.29, 0.717) is 13.0 Å². The molecule has 1 aliphatic carbocycles. The van der Waals surface area contributed by atoms with Crippen LogP contribution in [0.3, 0.4) is 0 Å². The van der Waals surface area contributed by atoms with Gasteiger partial charge >= 0.3 is 12.2 Å². The third-order valence-electron chi connectivity index (χ3n) is 4.60. The van der Waals surface area contributed by atoms with Gasteiger partial charge in [0.05, 0.1) is 6.61 Å². The first-order chi connectivity index (χ1) is 13.3. The van der Waals surface area contributed by atoms with Crippen LogP contribution < -0.4 is 10.6 Å². The van der Waals surface area contributed by atoms with Gasteiger partial charge in [-0.2, -0.15) is 0 Å². The second-order valence-electron chi connectivity index (χ2n) is 8.18. The van der Waals surface area contributed by atoms with Gasteiger partial charge in [-0.15, -0.1) is 0 Å². The van der Waals surface area contributed by atoms with Gasteiger partial charge in [0.15, 0.2) is 0 Å². The average Bonchev–Trinajstić information content (AvgIpc) is 2.61. The van der Waals surface area contributed by atoms with Crippen LogP contribution in [0.1, 0.15) is 45.6 Å². The predicted molar refractivity (Wildman–Crippen MR) is 106 cm³/mol. The highest BCUT2D eigenvalue weighted by atomic mass is 16.6. The summed E-state index contributed by atoms with van der Waals surface area (Å²) in [4.78, 5) is 24.2. The Kier molecular flexibility index (Phi) is 8.11. The van der Waals surface area contributed by atoms with E-state index in [0.717, 1.165) is 18.4 Å². The van der Waals surface area contributed by atoms with Crippen LogP contribution in [0.25, 0.3) is 0 Å². The van der Waals surface area contributed by atoms with Gasteiger partial charge < -0.3 is 24.8 Å². The lowest BCUT2D eigenvalue weighted by molar-refractivity contribution is 0.0440. The van der Waals surface area contributed by atoms with Gasteiger partial charge in [0.25, 0.3) is 0 Å². The number of methoxy groups -OCH3 is 1. The first kappa shape index (κ1) is 22.0. The molecule has 28 heavy (non-hydrogen) atoms. The monoisotopic (exact) mass is 392 g/mol. The van der Waals surface area contributed by atoms with Gasteiger partial charge in [-0.1, -0.05) is 30.3 Å². The molecular formula is C21H32N2O5. The van der Waals surface area contributed by atoms with Crippen molar-refractivity contribution < 1.29 is 23.8 Å². The van der Waals surface area contributed by atoms with Crippen LogP contribution in [-0.4, -0.2) is 43.6 Å². The number of nitrogens with one attached hydrogen (secondary N) is 2. The fourth-order valence-electron chi connectivity index (χ4n) is 3.37. The van der Waals surface area contributed by atoms with Crippen LogP contribution in [0.15, 0.2) is 30.3 Å². The second kappa shape index (κ2) is 10.3. The summed E-state index contributed by atoms with van der Waals surface area (Å²) in [6, 6.07) is 9.49. The molecule has 156 valence electrons. The molecule has 1 aliphatic rings. The number of alkyl carbamates (subject to hydrolysis) is 2. The molecule has 2 N–H and O–H groups in total. The molecule has 0 saturated heterocycles. The number of amides is 2. The molecule has 3 unspecified atom stereocenters. The molecule has 2 amide bonds. The van der Waals surface area contributed by atoms with Gasteiger partial charge in [0, 0.05) is 25.1 Å². The lowest BCUT2D eigenvalue weighted by atomic mass is 9.82. The summed E-state index contributed by atoms with van der Waals surface area (Å²) < 4.78 is 16.0. The molecule has 1 aromatic carbocycles. The number of carbonyl (C=O) groups excluding carboxylic acids is 2. The largest absolute Gasteiger partial charge is 0.445 e. The summed E-state index contributed by atoms with van der Waals surface area (Å²) in [7, 11) is 1.63. The minimum atomic E-state index is -0.530. The molecule has 0 aromatic heterocycles. The minimum absolute atomic E-state index is 0.00612. The molecule has 7 nitrogen and oxygen atoms in total. The Morgan fingerprint density at radius 3 is 2.43 bits per heavy atom. The Bertz CT molecular complexity index is 629. The molecular weight excluding hydrogens is 360 g/mol. The molecule has 2 rings (SSSR count). The van der Waals surface area contributed by atoms with Crippen molar-refractivity contribution >= 4 is 12.2 Å².